The number of anilines is 6. The first-order chi connectivity index (χ1) is 35.4. The third-order valence-electron chi connectivity index (χ3n) is 12.8. The zero-order valence-corrected chi connectivity index (χ0v) is 41.7. The number of methoxy groups -OCH3 is 2. The van der Waals surface area contributed by atoms with Crippen LogP contribution >= 0.6 is 22.7 Å². The third kappa shape index (κ3) is 11.0. The van der Waals surface area contributed by atoms with Crippen LogP contribution < -0.4 is 9.80 Å². The van der Waals surface area contributed by atoms with Gasteiger partial charge >= 0.3 is 11.9 Å². The normalized spacial score (nSPS) is 11.0. The van der Waals surface area contributed by atoms with Gasteiger partial charge in [-0.25, -0.2) is 0 Å². The molecule has 8 heteroatoms. The molecule has 0 saturated carbocycles. The van der Waals surface area contributed by atoms with Gasteiger partial charge in [-0.1, -0.05) is 133 Å². The highest BCUT2D eigenvalue weighted by molar-refractivity contribution is 7.19. The molecule has 2 aromatic heterocycles. The lowest BCUT2D eigenvalue weighted by Gasteiger charge is -2.26. The van der Waals surface area contributed by atoms with E-state index in [0.29, 0.717) is 25.7 Å². The van der Waals surface area contributed by atoms with Crippen molar-refractivity contribution < 1.29 is 19.1 Å². The van der Waals surface area contributed by atoms with Crippen molar-refractivity contribution in [1.29, 1.82) is 0 Å². The maximum absolute atomic E-state index is 11.9. The van der Waals surface area contributed by atoms with Gasteiger partial charge in [0.25, 0.3) is 0 Å². The Morgan fingerprint density at radius 3 is 0.847 bits per heavy atom. The smallest absolute Gasteiger partial charge is 0.305 e. The van der Waals surface area contributed by atoms with Crippen LogP contribution in [0.15, 0.2) is 231 Å². The molecule has 0 spiro atoms. The van der Waals surface area contributed by atoms with Gasteiger partial charge in [-0.15, -0.1) is 22.7 Å². The molecule has 0 radical (unpaired) electrons. The fraction of sp³-hybridized carbons (Fsp3) is 0.0938. The van der Waals surface area contributed by atoms with E-state index in [2.05, 4.69) is 228 Å². The van der Waals surface area contributed by atoms with Crippen molar-refractivity contribution >= 4 is 68.7 Å². The Kier molecular flexibility index (Phi) is 14.6. The minimum atomic E-state index is -0.216. The molecule has 0 aliphatic carbocycles. The Morgan fingerprint density at radius 1 is 0.319 bits per heavy atom. The molecule has 10 rings (SSSR count). The SMILES string of the molecule is COC(=O)CCc1ccc(N(c2ccc(-c3ccc(N(c4ccc(CCC(=O)OC)cc4)c4ccc(-c5ccc(-c6ccccc6)s5)cc4)cc3)cc2)c2ccc(-c3ccc(-c4ccccc4)s3)cc2)cc1. The van der Waals surface area contributed by atoms with Gasteiger partial charge < -0.3 is 19.3 Å². The molecule has 0 bridgehead atoms. The van der Waals surface area contributed by atoms with Crippen LogP contribution in [0.5, 0.6) is 0 Å². The number of rotatable bonds is 17. The van der Waals surface area contributed by atoms with Gasteiger partial charge in [-0.2, -0.15) is 0 Å². The fourth-order valence-electron chi connectivity index (χ4n) is 8.87. The molecule has 8 aromatic carbocycles. The maximum Gasteiger partial charge on any atom is 0.305 e. The van der Waals surface area contributed by atoms with Gasteiger partial charge in [0.2, 0.25) is 0 Å². The van der Waals surface area contributed by atoms with Crippen LogP contribution in [0.4, 0.5) is 34.1 Å². The number of hydrogen-bond acceptors (Lipinski definition) is 8. The summed E-state index contributed by atoms with van der Waals surface area (Å²) in [5, 5.41) is 0. The average molecular weight is 977 g/mol. The predicted molar refractivity (Wildman–Crippen MR) is 299 cm³/mol. The Hall–Kier alpha value is -8.30. The summed E-state index contributed by atoms with van der Waals surface area (Å²) >= 11 is 3.59. The van der Waals surface area contributed by atoms with Gasteiger partial charge in [-0.3, -0.25) is 9.59 Å². The van der Waals surface area contributed by atoms with E-state index in [1.807, 2.05) is 12.1 Å². The number of carbonyl (C=O) groups excluding carboxylic acids is 2. The second-order valence-electron chi connectivity index (χ2n) is 17.4. The van der Waals surface area contributed by atoms with E-state index in [1.54, 1.807) is 22.7 Å². The number of aryl methyl sites for hydroxylation is 2. The number of nitrogens with zero attached hydrogens (tertiary/aromatic N) is 2. The van der Waals surface area contributed by atoms with E-state index in [-0.39, 0.29) is 11.9 Å². The fourth-order valence-corrected chi connectivity index (χ4v) is 10.9. The molecule has 0 fully saturated rings. The van der Waals surface area contributed by atoms with Crippen molar-refractivity contribution in [3.8, 4) is 52.9 Å². The second kappa shape index (κ2) is 22.2. The Balaban J connectivity index is 0.925. The number of thiophene rings is 2. The first-order valence-corrected chi connectivity index (χ1v) is 25.7. The van der Waals surface area contributed by atoms with E-state index < -0.39 is 0 Å². The standard InChI is InChI=1S/C64H52N2O4S2/c1-69-63(67)43-17-45-13-27-53(28-14-45)65(57-35-23-51(24-36-57)61-41-39-59(71-61)49-9-5-3-6-10-49)55-31-19-47(20-32-55)48-21-33-56(34-22-48)66(54-29-15-46(16-30-54)18-44-64(68)70-2)58-37-25-52(26-38-58)62-42-40-60(72-62)50-11-7-4-8-12-50/h3-16,19-42H,17-18,43-44H2,1-2H3. The van der Waals surface area contributed by atoms with E-state index in [0.717, 1.165) is 56.4 Å². The van der Waals surface area contributed by atoms with E-state index in [4.69, 9.17) is 9.47 Å². The minimum absolute atomic E-state index is 0.216. The lowest BCUT2D eigenvalue weighted by Crippen LogP contribution is -2.10. The van der Waals surface area contributed by atoms with Gasteiger partial charge in [0.15, 0.2) is 0 Å². The first kappa shape index (κ1) is 47.4. The molecule has 0 amide bonds. The molecule has 0 N–H and O–H groups in total. The zero-order valence-electron chi connectivity index (χ0n) is 40.1. The summed E-state index contributed by atoms with van der Waals surface area (Å²) in [6, 6.07) is 81.7. The van der Waals surface area contributed by atoms with Gasteiger partial charge in [0, 0.05) is 66.5 Å². The third-order valence-corrected chi connectivity index (χ3v) is 15.2. The number of esters is 2. The van der Waals surface area contributed by atoms with Crippen LogP contribution in [0.25, 0.3) is 52.9 Å². The predicted octanol–water partition coefficient (Wildman–Crippen LogP) is 17.3. The molecule has 0 aliphatic rings. The molecule has 354 valence electrons. The van der Waals surface area contributed by atoms with Gasteiger partial charge in [0.05, 0.1) is 14.2 Å². The Morgan fingerprint density at radius 2 is 0.569 bits per heavy atom. The first-order valence-electron chi connectivity index (χ1n) is 24.0. The largest absolute Gasteiger partial charge is 0.469 e. The quantitative estimate of drug-likeness (QED) is 0.0848. The van der Waals surface area contributed by atoms with Crippen molar-refractivity contribution in [3.05, 3.63) is 242 Å². The molecule has 0 saturated heterocycles. The summed E-state index contributed by atoms with van der Waals surface area (Å²) in [7, 11) is 2.86. The van der Waals surface area contributed by atoms with Gasteiger partial charge in [-0.05, 0) is 154 Å². The number of benzene rings is 8. The van der Waals surface area contributed by atoms with Crippen LogP contribution in [0.1, 0.15) is 24.0 Å². The van der Waals surface area contributed by atoms with Crippen molar-refractivity contribution in [1.82, 2.24) is 0 Å². The van der Waals surface area contributed by atoms with E-state index >= 15 is 0 Å². The summed E-state index contributed by atoms with van der Waals surface area (Å²) < 4.78 is 9.79. The van der Waals surface area contributed by atoms with Crippen LogP contribution in [0.3, 0.4) is 0 Å². The van der Waals surface area contributed by atoms with Crippen LogP contribution in [-0.4, -0.2) is 26.2 Å². The summed E-state index contributed by atoms with van der Waals surface area (Å²) in [6.07, 6.45) is 1.90. The summed E-state index contributed by atoms with van der Waals surface area (Å²) in [5.74, 6) is -0.431. The van der Waals surface area contributed by atoms with Crippen molar-refractivity contribution in [2.24, 2.45) is 0 Å². The summed E-state index contributed by atoms with van der Waals surface area (Å²) in [5.41, 5.74) is 15.3. The van der Waals surface area contributed by atoms with Crippen molar-refractivity contribution in [2.75, 3.05) is 24.0 Å². The van der Waals surface area contributed by atoms with E-state index in [1.165, 1.54) is 56.0 Å². The molecule has 6 nitrogen and oxygen atoms in total. The monoisotopic (exact) mass is 976 g/mol. The Bertz CT molecular complexity index is 3140. The highest BCUT2D eigenvalue weighted by Crippen LogP contribution is 2.42. The Labute approximate surface area is 429 Å². The molecule has 0 atom stereocenters. The molecule has 2 heterocycles. The molecule has 10 aromatic rings. The topological polar surface area (TPSA) is 59.1 Å². The molecule has 0 aliphatic heterocycles. The second-order valence-corrected chi connectivity index (χ2v) is 19.6. The highest BCUT2D eigenvalue weighted by Gasteiger charge is 2.17. The number of carbonyl (C=O) groups is 2. The molecular weight excluding hydrogens is 925 g/mol. The summed E-state index contributed by atoms with van der Waals surface area (Å²) in [4.78, 5) is 33.3. The summed E-state index contributed by atoms with van der Waals surface area (Å²) in [6.45, 7) is 0. The minimum Gasteiger partial charge on any atom is -0.469 e. The maximum atomic E-state index is 11.9. The van der Waals surface area contributed by atoms with Crippen LogP contribution in [0, 0.1) is 0 Å². The molecular formula is C64H52N2O4S2. The molecule has 72 heavy (non-hydrogen) atoms. The van der Waals surface area contributed by atoms with E-state index in [9.17, 15) is 9.59 Å². The highest BCUT2D eigenvalue weighted by atomic mass is 32.1. The molecule has 0 unspecified atom stereocenters. The number of hydrogen-bond donors (Lipinski definition) is 0. The lowest BCUT2D eigenvalue weighted by molar-refractivity contribution is -0.141. The average Bonchev–Trinajstić information content (AvgIpc) is 4.16. The van der Waals surface area contributed by atoms with Crippen LogP contribution in [-0.2, 0) is 31.9 Å². The van der Waals surface area contributed by atoms with Crippen molar-refractivity contribution in [2.45, 2.75) is 25.7 Å². The lowest BCUT2D eigenvalue weighted by atomic mass is 10.0. The number of ether oxygens (including phenoxy) is 2. The van der Waals surface area contributed by atoms with Gasteiger partial charge in [0.1, 0.15) is 0 Å². The van der Waals surface area contributed by atoms with Crippen LogP contribution in [0.2, 0.25) is 0 Å². The van der Waals surface area contributed by atoms with Crippen molar-refractivity contribution in [3.63, 3.8) is 0 Å². The zero-order chi connectivity index (χ0) is 49.2.